The van der Waals surface area contributed by atoms with E-state index < -0.39 is 11.7 Å². The van der Waals surface area contributed by atoms with Crippen LogP contribution in [-0.2, 0) is 11.6 Å². The molecular weight excluding hydrogens is 237 g/mol. The van der Waals surface area contributed by atoms with Crippen LogP contribution in [0, 0.1) is 0 Å². The first-order valence-electron chi connectivity index (χ1n) is 5.05. The Hall–Kier alpha value is -0.700. The molecule has 1 rings (SSSR count). The van der Waals surface area contributed by atoms with Crippen molar-refractivity contribution in [3.63, 3.8) is 0 Å². The van der Waals surface area contributed by atoms with E-state index in [0.29, 0.717) is 0 Å². The monoisotopic (exact) mass is 250 g/mol. The van der Waals surface area contributed by atoms with Gasteiger partial charge in [0.15, 0.2) is 0 Å². The van der Waals surface area contributed by atoms with E-state index in [-0.39, 0.29) is 10.4 Å². The highest BCUT2D eigenvalue weighted by Gasteiger charge is 2.32. The van der Waals surface area contributed by atoms with Crippen molar-refractivity contribution in [1.82, 2.24) is 0 Å². The van der Waals surface area contributed by atoms with Gasteiger partial charge in [-0.2, -0.15) is 13.2 Å². The van der Waals surface area contributed by atoms with Crippen LogP contribution in [0.25, 0.3) is 0 Å². The number of halogens is 4. The van der Waals surface area contributed by atoms with E-state index >= 15 is 0 Å². The Morgan fingerprint density at radius 2 is 1.75 bits per heavy atom. The van der Waals surface area contributed by atoms with Crippen molar-refractivity contribution in [2.24, 2.45) is 0 Å². The molecule has 0 saturated heterocycles. The van der Waals surface area contributed by atoms with Gasteiger partial charge in [0.05, 0.1) is 5.56 Å². The van der Waals surface area contributed by atoms with Gasteiger partial charge in [0.1, 0.15) is 0 Å². The third-order valence-electron chi connectivity index (χ3n) is 2.91. The number of hydrogen-bond acceptors (Lipinski definition) is 0. The van der Waals surface area contributed by atoms with Gasteiger partial charge in [-0.1, -0.05) is 38.4 Å². The topological polar surface area (TPSA) is 0 Å². The molecule has 1 aromatic carbocycles. The van der Waals surface area contributed by atoms with E-state index in [0.717, 1.165) is 24.1 Å². The summed E-state index contributed by atoms with van der Waals surface area (Å²) in [5.74, 6) is 0. The van der Waals surface area contributed by atoms with E-state index in [2.05, 4.69) is 0 Å². The lowest BCUT2D eigenvalue weighted by Crippen LogP contribution is -2.17. The van der Waals surface area contributed by atoms with E-state index in [1.54, 1.807) is 0 Å². The van der Waals surface area contributed by atoms with Gasteiger partial charge < -0.3 is 0 Å². The van der Waals surface area contributed by atoms with Gasteiger partial charge in [-0.3, -0.25) is 0 Å². The minimum Gasteiger partial charge on any atom is -0.166 e. The van der Waals surface area contributed by atoms with Crippen LogP contribution in [0.4, 0.5) is 13.2 Å². The van der Waals surface area contributed by atoms with E-state index in [4.69, 9.17) is 11.6 Å². The molecule has 0 bridgehead atoms. The SMILES string of the molecule is CCC(C)(C)c1ccc(C(F)(F)F)cc1Cl. The first-order chi connectivity index (χ1) is 7.18. The predicted molar refractivity (Wildman–Crippen MR) is 59.8 cm³/mol. The summed E-state index contributed by atoms with van der Waals surface area (Å²) >= 11 is 5.90. The fourth-order valence-electron chi connectivity index (χ4n) is 1.43. The summed E-state index contributed by atoms with van der Waals surface area (Å²) in [7, 11) is 0. The number of rotatable bonds is 2. The molecule has 0 aromatic heterocycles. The van der Waals surface area contributed by atoms with Crippen molar-refractivity contribution in [2.75, 3.05) is 0 Å². The molecular formula is C12H14ClF3. The van der Waals surface area contributed by atoms with Crippen LogP contribution >= 0.6 is 11.6 Å². The summed E-state index contributed by atoms with van der Waals surface area (Å²) in [6.45, 7) is 5.90. The highest BCUT2D eigenvalue weighted by molar-refractivity contribution is 6.31. The highest BCUT2D eigenvalue weighted by atomic mass is 35.5. The zero-order valence-electron chi connectivity index (χ0n) is 9.45. The van der Waals surface area contributed by atoms with Crippen LogP contribution in [0.5, 0.6) is 0 Å². The van der Waals surface area contributed by atoms with Crippen LogP contribution in [0.1, 0.15) is 38.3 Å². The molecule has 0 nitrogen and oxygen atoms in total. The first-order valence-corrected chi connectivity index (χ1v) is 5.43. The molecule has 0 radical (unpaired) electrons. The van der Waals surface area contributed by atoms with Gasteiger partial charge in [-0.15, -0.1) is 0 Å². The Labute approximate surface area is 98.4 Å². The summed E-state index contributed by atoms with van der Waals surface area (Å²) in [5, 5.41) is 0.182. The summed E-state index contributed by atoms with van der Waals surface area (Å²) in [5.41, 5.74) is -0.154. The minimum absolute atomic E-state index is 0.182. The molecule has 0 aliphatic rings. The first kappa shape index (κ1) is 13.4. The van der Waals surface area contributed by atoms with Crippen molar-refractivity contribution in [3.8, 4) is 0 Å². The normalized spacial score (nSPS) is 12.9. The van der Waals surface area contributed by atoms with E-state index in [1.807, 2.05) is 20.8 Å². The summed E-state index contributed by atoms with van der Waals surface area (Å²) in [6.07, 6.45) is -3.52. The third kappa shape index (κ3) is 2.70. The predicted octanol–water partition coefficient (Wildman–Crippen LogP) is 5.05. The third-order valence-corrected chi connectivity index (χ3v) is 3.22. The van der Waals surface area contributed by atoms with Crippen LogP contribution in [0.2, 0.25) is 5.02 Å². The van der Waals surface area contributed by atoms with Crippen molar-refractivity contribution >= 4 is 11.6 Å². The van der Waals surface area contributed by atoms with Crippen LogP contribution in [-0.4, -0.2) is 0 Å². The van der Waals surface area contributed by atoms with Crippen molar-refractivity contribution < 1.29 is 13.2 Å². The molecule has 1 aromatic rings. The molecule has 16 heavy (non-hydrogen) atoms. The van der Waals surface area contributed by atoms with Crippen molar-refractivity contribution in [2.45, 2.75) is 38.8 Å². The van der Waals surface area contributed by atoms with Gasteiger partial charge in [-0.05, 0) is 29.5 Å². The molecule has 0 aliphatic heterocycles. The summed E-state index contributed by atoms with van der Waals surface area (Å²) in [6, 6.07) is 3.54. The molecule has 90 valence electrons. The Bertz CT molecular complexity index is 380. The second-order valence-corrected chi connectivity index (χ2v) is 4.84. The Morgan fingerprint density at radius 3 is 2.12 bits per heavy atom. The second kappa shape index (κ2) is 4.28. The fourth-order valence-corrected chi connectivity index (χ4v) is 1.87. The Kier molecular flexibility index (Phi) is 3.58. The smallest absolute Gasteiger partial charge is 0.166 e. The maximum atomic E-state index is 12.4. The molecule has 0 aliphatic carbocycles. The molecule has 0 heterocycles. The van der Waals surface area contributed by atoms with Crippen molar-refractivity contribution in [1.29, 1.82) is 0 Å². The number of alkyl halides is 3. The molecule has 4 heteroatoms. The van der Waals surface area contributed by atoms with Gasteiger partial charge in [-0.25, -0.2) is 0 Å². The lowest BCUT2D eigenvalue weighted by Gasteiger charge is -2.25. The zero-order chi connectivity index (χ0) is 12.6. The fraction of sp³-hybridized carbons (Fsp3) is 0.500. The number of benzene rings is 1. The Balaban J connectivity index is 3.20. The molecule has 0 fully saturated rings. The van der Waals surface area contributed by atoms with Gasteiger partial charge in [0, 0.05) is 5.02 Å². The largest absolute Gasteiger partial charge is 0.416 e. The van der Waals surface area contributed by atoms with Crippen LogP contribution in [0.3, 0.4) is 0 Å². The quantitative estimate of drug-likeness (QED) is 0.689. The Morgan fingerprint density at radius 1 is 1.19 bits per heavy atom. The lowest BCUT2D eigenvalue weighted by molar-refractivity contribution is -0.137. The van der Waals surface area contributed by atoms with E-state index in [1.165, 1.54) is 6.07 Å². The standard InChI is InChI=1S/C12H14ClF3/c1-4-11(2,3)9-6-5-8(7-10(9)13)12(14,15)16/h5-7H,4H2,1-3H3. The second-order valence-electron chi connectivity index (χ2n) is 4.43. The molecule has 0 unspecified atom stereocenters. The average Bonchev–Trinajstić information content (AvgIpc) is 2.16. The molecule has 0 amide bonds. The summed E-state index contributed by atoms with van der Waals surface area (Å²) in [4.78, 5) is 0. The zero-order valence-corrected chi connectivity index (χ0v) is 10.2. The number of hydrogen-bond donors (Lipinski definition) is 0. The average molecular weight is 251 g/mol. The van der Waals surface area contributed by atoms with Crippen LogP contribution < -0.4 is 0 Å². The molecule has 0 atom stereocenters. The van der Waals surface area contributed by atoms with Gasteiger partial charge in [0.25, 0.3) is 0 Å². The maximum Gasteiger partial charge on any atom is 0.416 e. The van der Waals surface area contributed by atoms with Gasteiger partial charge in [0.2, 0.25) is 0 Å². The van der Waals surface area contributed by atoms with Crippen LogP contribution in [0.15, 0.2) is 18.2 Å². The summed E-state index contributed by atoms with van der Waals surface area (Å²) < 4.78 is 37.3. The minimum atomic E-state index is -4.33. The van der Waals surface area contributed by atoms with Crippen molar-refractivity contribution in [3.05, 3.63) is 34.3 Å². The highest BCUT2D eigenvalue weighted by Crippen LogP contribution is 2.37. The molecule has 0 N–H and O–H groups in total. The van der Waals surface area contributed by atoms with Gasteiger partial charge >= 0.3 is 6.18 Å². The maximum absolute atomic E-state index is 12.4. The lowest BCUT2D eigenvalue weighted by atomic mass is 9.82. The molecule has 0 spiro atoms. The molecule has 0 saturated carbocycles. The van der Waals surface area contributed by atoms with E-state index in [9.17, 15) is 13.2 Å².